The minimum Gasteiger partial charge on any atom is -0.350 e. The number of amides is 1. The third-order valence-corrected chi connectivity index (χ3v) is 10.7. The van der Waals surface area contributed by atoms with Crippen LogP contribution in [0.4, 0.5) is 23.4 Å². The van der Waals surface area contributed by atoms with Crippen LogP contribution in [0.3, 0.4) is 0 Å². The Labute approximate surface area is 267 Å². The zero-order valence-corrected chi connectivity index (χ0v) is 26.4. The lowest BCUT2D eigenvalue weighted by Gasteiger charge is -2.41. The van der Waals surface area contributed by atoms with E-state index in [4.69, 9.17) is 11.6 Å². The van der Waals surface area contributed by atoms with Gasteiger partial charge in [0.15, 0.2) is 0 Å². The molecule has 7 nitrogen and oxygen atoms in total. The number of rotatable bonds is 7. The van der Waals surface area contributed by atoms with Gasteiger partial charge in [0.25, 0.3) is 6.43 Å². The van der Waals surface area contributed by atoms with Gasteiger partial charge in [-0.2, -0.15) is 4.98 Å². The number of piperazine rings is 1. The number of thioether (sulfide) groups is 1. The minimum absolute atomic E-state index is 0.137. The van der Waals surface area contributed by atoms with E-state index in [9.17, 15) is 22.8 Å². The average molecular weight is 664 g/mol. The fraction of sp³-hybridized carbons (Fsp3) is 0.469. The number of hydrogen-bond acceptors (Lipinski definition) is 6. The summed E-state index contributed by atoms with van der Waals surface area (Å²) in [5.41, 5.74) is 0.688. The summed E-state index contributed by atoms with van der Waals surface area (Å²) >= 11 is 8.38. The van der Waals surface area contributed by atoms with Crippen LogP contribution in [0.5, 0.6) is 0 Å². The Balaban J connectivity index is 1.44. The summed E-state index contributed by atoms with van der Waals surface area (Å²) in [6.45, 7) is 7.73. The maximum atomic E-state index is 15.2. The Morgan fingerprint density at radius 2 is 1.93 bits per heavy atom. The summed E-state index contributed by atoms with van der Waals surface area (Å²) in [5.74, 6) is -0.439. The molecule has 0 N–H and O–H groups in total. The minimum atomic E-state index is -2.37. The largest absolute Gasteiger partial charge is 0.350 e. The van der Waals surface area contributed by atoms with Gasteiger partial charge in [0.1, 0.15) is 17.5 Å². The highest BCUT2D eigenvalue weighted by atomic mass is 35.5. The molecule has 3 aromatic rings. The lowest BCUT2D eigenvalue weighted by Crippen LogP contribution is -2.54. The third kappa shape index (κ3) is 6.20. The number of carbonyl (C=O) groups is 1. The number of anilines is 1. The maximum Gasteiger partial charge on any atom is 0.350 e. The van der Waals surface area contributed by atoms with Crippen molar-refractivity contribution in [3.63, 3.8) is 0 Å². The molecule has 6 rings (SSSR count). The van der Waals surface area contributed by atoms with Crippen LogP contribution in [-0.2, 0) is 4.79 Å². The highest BCUT2D eigenvalue weighted by molar-refractivity contribution is 7.99. The van der Waals surface area contributed by atoms with Gasteiger partial charge in [-0.05, 0) is 69.5 Å². The number of carbonyl (C=O) groups excluding carboxylic acids is 1. The molecule has 0 radical (unpaired) electrons. The summed E-state index contributed by atoms with van der Waals surface area (Å²) in [7, 11) is 0. The van der Waals surface area contributed by atoms with Gasteiger partial charge in [-0.15, -0.1) is 11.8 Å². The lowest BCUT2D eigenvalue weighted by atomic mass is 9.90. The molecular weight excluding hydrogens is 630 g/mol. The fourth-order valence-corrected chi connectivity index (χ4v) is 8.70. The van der Waals surface area contributed by atoms with E-state index >= 15 is 4.39 Å². The van der Waals surface area contributed by atoms with E-state index in [1.54, 1.807) is 20.4 Å². The molecule has 2 aromatic carbocycles. The first-order chi connectivity index (χ1) is 21.5. The number of piperidine rings is 1. The van der Waals surface area contributed by atoms with Crippen LogP contribution in [-0.4, -0.2) is 82.7 Å². The van der Waals surface area contributed by atoms with E-state index in [0.717, 1.165) is 18.9 Å². The van der Waals surface area contributed by atoms with E-state index in [0.29, 0.717) is 72.1 Å². The number of alkyl halides is 2. The zero-order chi connectivity index (χ0) is 32.0. The molecule has 3 aliphatic heterocycles. The van der Waals surface area contributed by atoms with Gasteiger partial charge in [0.2, 0.25) is 5.91 Å². The zero-order valence-electron chi connectivity index (χ0n) is 24.8. The van der Waals surface area contributed by atoms with Gasteiger partial charge in [-0.3, -0.25) is 14.3 Å². The maximum absolute atomic E-state index is 15.2. The predicted molar refractivity (Wildman–Crippen MR) is 169 cm³/mol. The van der Waals surface area contributed by atoms with Crippen LogP contribution in [0.25, 0.3) is 22.0 Å². The van der Waals surface area contributed by atoms with Gasteiger partial charge in [-0.1, -0.05) is 18.2 Å². The van der Waals surface area contributed by atoms with Crippen molar-refractivity contribution in [3.05, 3.63) is 64.1 Å². The number of benzene rings is 2. The molecular formula is C32H34ClF4N5O2S. The predicted octanol–water partition coefficient (Wildman–Crippen LogP) is 6.23. The molecule has 0 saturated carbocycles. The average Bonchev–Trinajstić information content (AvgIpc) is 3.00. The molecule has 45 heavy (non-hydrogen) atoms. The standard InChI is InChI=1S/C32H34ClF4N5O2S/c1-3-27(43)40-10-11-41(18(2)15-40)31-23-14-24(33)28(22-5-4-20(34)13-25(22)35)30-29(23)42(32(44)38-31)21(17-45-30)12-19-6-8-39(9-7-19)16-26(36)37/h3-5,13-14,18-19,21,26H,1,6-12,15-17H2,2H3/t18-,21-/m0/s1. The molecule has 2 atom stereocenters. The quantitative estimate of drug-likeness (QED) is 0.221. The van der Waals surface area contributed by atoms with Gasteiger partial charge in [0, 0.05) is 64.9 Å². The van der Waals surface area contributed by atoms with Crippen molar-refractivity contribution in [2.75, 3.05) is 49.9 Å². The Kier molecular flexibility index (Phi) is 9.18. The van der Waals surface area contributed by atoms with Gasteiger partial charge < -0.3 is 9.80 Å². The second-order valence-electron chi connectivity index (χ2n) is 12.0. The Hall–Kier alpha value is -3.09. The lowest BCUT2D eigenvalue weighted by molar-refractivity contribution is -0.126. The molecule has 0 spiro atoms. The van der Waals surface area contributed by atoms with Crippen molar-refractivity contribution in [1.82, 2.24) is 19.4 Å². The van der Waals surface area contributed by atoms with Crippen molar-refractivity contribution in [2.24, 2.45) is 5.92 Å². The molecule has 2 fully saturated rings. The number of halogens is 5. The SMILES string of the molecule is C=CC(=O)N1CCN(c2nc(=O)n3c4c(c(-c5ccc(F)cc5F)c(Cl)cc24)SC[C@@H]3CC2CCN(CC(F)F)CC2)[C@@H](C)C1. The van der Waals surface area contributed by atoms with Crippen molar-refractivity contribution < 1.29 is 22.4 Å². The van der Waals surface area contributed by atoms with E-state index in [1.807, 2.05) is 11.8 Å². The topological polar surface area (TPSA) is 61.7 Å². The van der Waals surface area contributed by atoms with Crippen molar-refractivity contribution in [3.8, 4) is 11.1 Å². The monoisotopic (exact) mass is 663 g/mol. The Bertz CT molecular complexity index is 1700. The van der Waals surface area contributed by atoms with Gasteiger partial charge in [-0.25, -0.2) is 22.4 Å². The summed E-state index contributed by atoms with van der Waals surface area (Å²) in [6.07, 6.45) is 1.09. The summed E-state index contributed by atoms with van der Waals surface area (Å²) in [4.78, 5) is 37.0. The van der Waals surface area contributed by atoms with Crippen LogP contribution in [0.1, 0.15) is 32.2 Å². The summed E-state index contributed by atoms with van der Waals surface area (Å²) in [6, 6.07) is 4.66. The molecule has 4 heterocycles. The fourth-order valence-electron chi connectivity index (χ4n) is 6.98. The molecule has 2 saturated heterocycles. The van der Waals surface area contributed by atoms with Gasteiger partial charge >= 0.3 is 5.69 Å². The van der Waals surface area contributed by atoms with Crippen LogP contribution in [0, 0.1) is 17.6 Å². The van der Waals surface area contributed by atoms with Crippen LogP contribution in [0.15, 0.2) is 46.6 Å². The van der Waals surface area contributed by atoms with Crippen molar-refractivity contribution >= 4 is 46.0 Å². The molecule has 240 valence electrons. The number of aromatic nitrogens is 2. The molecule has 13 heteroatoms. The molecule has 1 aromatic heterocycles. The molecule has 0 unspecified atom stereocenters. The Morgan fingerprint density at radius 1 is 1.18 bits per heavy atom. The Morgan fingerprint density at radius 3 is 2.60 bits per heavy atom. The van der Waals surface area contributed by atoms with Crippen molar-refractivity contribution in [1.29, 1.82) is 0 Å². The number of hydrogen-bond donors (Lipinski definition) is 0. The molecule has 3 aliphatic rings. The van der Waals surface area contributed by atoms with Crippen LogP contribution in [0.2, 0.25) is 5.02 Å². The second-order valence-corrected chi connectivity index (χ2v) is 13.5. The first-order valence-corrected chi connectivity index (χ1v) is 16.5. The molecule has 0 bridgehead atoms. The highest BCUT2D eigenvalue weighted by Gasteiger charge is 2.35. The third-order valence-electron chi connectivity index (χ3n) is 9.18. The normalized spacial score (nSPS) is 21.1. The summed E-state index contributed by atoms with van der Waals surface area (Å²) < 4.78 is 56.6. The van der Waals surface area contributed by atoms with E-state index in [-0.39, 0.29) is 41.0 Å². The van der Waals surface area contributed by atoms with E-state index in [1.165, 1.54) is 30.0 Å². The number of nitrogens with zero attached hydrogens (tertiary/aromatic N) is 5. The first kappa shape index (κ1) is 31.9. The smallest absolute Gasteiger partial charge is 0.350 e. The van der Waals surface area contributed by atoms with E-state index < -0.39 is 23.7 Å². The first-order valence-electron chi connectivity index (χ1n) is 15.1. The van der Waals surface area contributed by atoms with E-state index in [2.05, 4.69) is 11.6 Å². The highest BCUT2D eigenvalue weighted by Crippen LogP contribution is 2.49. The molecule has 1 amide bonds. The summed E-state index contributed by atoms with van der Waals surface area (Å²) in [5, 5.41) is 0.891. The second kappa shape index (κ2) is 13.0. The number of likely N-dealkylation sites (tertiary alicyclic amines) is 1. The molecule has 0 aliphatic carbocycles. The van der Waals surface area contributed by atoms with Crippen LogP contribution < -0.4 is 10.6 Å². The van der Waals surface area contributed by atoms with Crippen molar-refractivity contribution in [2.45, 2.75) is 49.6 Å². The van der Waals surface area contributed by atoms with Gasteiger partial charge in [0.05, 0.1) is 17.1 Å². The van der Waals surface area contributed by atoms with Crippen LogP contribution >= 0.6 is 23.4 Å².